The number of para-hydroxylation sites is 1. The third kappa shape index (κ3) is 6.98. The van der Waals surface area contributed by atoms with E-state index in [2.05, 4.69) is 6.92 Å². The Morgan fingerprint density at radius 2 is 1.78 bits per heavy atom. The number of aldehydes is 1. The van der Waals surface area contributed by atoms with Crippen LogP contribution in [0.5, 0.6) is 11.5 Å². The van der Waals surface area contributed by atoms with Crippen molar-refractivity contribution in [2.24, 2.45) is 5.73 Å². The molecule has 4 heteroatoms. The van der Waals surface area contributed by atoms with E-state index >= 15 is 0 Å². The number of methoxy groups -OCH3 is 1. The summed E-state index contributed by atoms with van der Waals surface area (Å²) in [6.45, 7) is 3.45. The van der Waals surface area contributed by atoms with Crippen LogP contribution in [0, 0.1) is 0 Å². The summed E-state index contributed by atoms with van der Waals surface area (Å²) in [5.74, 6) is 1.75. The van der Waals surface area contributed by atoms with Gasteiger partial charge in [0.15, 0.2) is 0 Å². The molecular weight excluding hydrogens is 290 g/mol. The first-order valence-electron chi connectivity index (χ1n) is 7.75. The molecule has 2 N–H and O–H groups in total. The summed E-state index contributed by atoms with van der Waals surface area (Å²) < 4.78 is 10.5. The number of carbonyl (C=O) groups is 1. The van der Waals surface area contributed by atoms with E-state index in [-0.39, 0.29) is 0 Å². The van der Waals surface area contributed by atoms with Gasteiger partial charge in [0.25, 0.3) is 0 Å². The van der Waals surface area contributed by atoms with Gasteiger partial charge in [-0.05, 0) is 55.3 Å². The van der Waals surface area contributed by atoms with E-state index in [0.717, 1.165) is 37.2 Å². The Bertz CT molecular complexity index is 567. The van der Waals surface area contributed by atoms with Crippen LogP contribution in [0.25, 0.3) is 0 Å². The molecule has 0 aliphatic rings. The molecule has 0 fully saturated rings. The van der Waals surface area contributed by atoms with Gasteiger partial charge in [-0.15, -0.1) is 0 Å². The van der Waals surface area contributed by atoms with Crippen molar-refractivity contribution in [3.8, 4) is 11.5 Å². The van der Waals surface area contributed by atoms with Crippen molar-refractivity contribution in [3.63, 3.8) is 0 Å². The van der Waals surface area contributed by atoms with Gasteiger partial charge < -0.3 is 15.2 Å². The second-order valence-corrected chi connectivity index (χ2v) is 4.89. The van der Waals surface area contributed by atoms with Crippen LogP contribution in [0.15, 0.2) is 48.5 Å². The maximum Gasteiger partial charge on any atom is 0.150 e. The predicted octanol–water partition coefficient (Wildman–Crippen LogP) is 3.48. The lowest BCUT2D eigenvalue weighted by atomic mass is 10.1. The first-order valence-corrected chi connectivity index (χ1v) is 7.75. The summed E-state index contributed by atoms with van der Waals surface area (Å²) in [5, 5.41) is 0. The van der Waals surface area contributed by atoms with Crippen LogP contribution in [0.2, 0.25) is 0 Å². The van der Waals surface area contributed by atoms with Crippen LogP contribution >= 0.6 is 0 Å². The van der Waals surface area contributed by atoms with Gasteiger partial charge in [-0.2, -0.15) is 0 Å². The molecular formula is C19H25NO3. The van der Waals surface area contributed by atoms with E-state index < -0.39 is 0 Å². The molecule has 23 heavy (non-hydrogen) atoms. The molecule has 0 spiro atoms. The Kier molecular flexibility index (Phi) is 9.17. The Hall–Kier alpha value is -2.33. The number of hydrogen-bond acceptors (Lipinski definition) is 4. The fourth-order valence-corrected chi connectivity index (χ4v) is 1.93. The molecule has 2 aromatic rings. The van der Waals surface area contributed by atoms with Crippen molar-refractivity contribution in [1.29, 1.82) is 0 Å². The van der Waals surface area contributed by atoms with Gasteiger partial charge in [0, 0.05) is 5.56 Å². The molecule has 2 rings (SSSR count). The summed E-state index contributed by atoms with van der Waals surface area (Å²) >= 11 is 0. The summed E-state index contributed by atoms with van der Waals surface area (Å²) in [6.07, 6.45) is 2.70. The van der Waals surface area contributed by atoms with E-state index in [1.807, 2.05) is 24.3 Å². The van der Waals surface area contributed by atoms with Gasteiger partial charge in [-0.1, -0.05) is 25.1 Å². The summed E-state index contributed by atoms with van der Waals surface area (Å²) in [5.41, 5.74) is 7.29. The molecule has 4 nitrogen and oxygen atoms in total. The van der Waals surface area contributed by atoms with Gasteiger partial charge in [0.05, 0.1) is 13.7 Å². The molecule has 0 saturated heterocycles. The van der Waals surface area contributed by atoms with E-state index in [1.165, 1.54) is 5.56 Å². The smallest absolute Gasteiger partial charge is 0.150 e. The Morgan fingerprint density at radius 1 is 1.09 bits per heavy atom. The maximum atomic E-state index is 10.3. The predicted molar refractivity (Wildman–Crippen MR) is 93.4 cm³/mol. The first kappa shape index (κ1) is 18.7. The molecule has 0 atom stereocenters. The minimum Gasteiger partial charge on any atom is -0.496 e. The molecule has 0 aliphatic heterocycles. The highest BCUT2D eigenvalue weighted by molar-refractivity contribution is 5.74. The summed E-state index contributed by atoms with van der Waals surface area (Å²) in [6, 6.07) is 15.0. The fourth-order valence-electron chi connectivity index (χ4n) is 1.93. The van der Waals surface area contributed by atoms with E-state index in [9.17, 15) is 4.79 Å². The molecule has 0 aliphatic carbocycles. The number of nitrogens with two attached hydrogens (primary N) is 1. The van der Waals surface area contributed by atoms with Crippen LogP contribution in [0.4, 0.5) is 0 Å². The second-order valence-electron chi connectivity index (χ2n) is 4.89. The SMILES string of the molecule is CCCOc1ccc(C=O)cc1.COc1ccccc1CCN. The molecule has 0 aromatic heterocycles. The molecule has 124 valence electrons. The van der Waals surface area contributed by atoms with Crippen LogP contribution in [0.3, 0.4) is 0 Å². The highest BCUT2D eigenvalue weighted by Gasteiger charge is 1.98. The number of ether oxygens (including phenoxy) is 2. The van der Waals surface area contributed by atoms with E-state index in [4.69, 9.17) is 15.2 Å². The zero-order valence-electron chi connectivity index (χ0n) is 13.8. The highest BCUT2D eigenvalue weighted by Crippen LogP contribution is 2.16. The number of rotatable bonds is 7. The van der Waals surface area contributed by atoms with Gasteiger partial charge in [-0.3, -0.25) is 4.79 Å². The van der Waals surface area contributed by atoms with Crippen LogP contribution in [0.1, 0.15) is 29.3 Å². The molecule has 0 heterocycles. The Morgan fingerprint density at radius 3 is 2.35 bits per heavy atom. The van der Waals surface area contributed by atoms with Crippen molar-refractivity contribution in [2.75, 3.05) is 20.3 Å². The van der Waals surface area contributed by atoms with E-state index in [1.54, 1.807) is 31.4 Å². The molecule has 0 unspecified atom stereocenters. The van der Waals surface area contributed by atoms with Crippen LogP contribution in [-0.4, -0.2) is 26.5 Å². The van der Waals surface area contributed by atoms with Crippen LogP contribution in [-0.2, 0) is 6.42 Å². The number of hydrogen-bond donors (Lipinski definition) is 1. The van der Waals surface area contributed by atoms with Crippen molar-refractivity contribution in [3.05, 3.63) is 59.7 Å². The molecule has 0 saturated carbocycles. The maximum absolute atomic E-state index is 10.3. The lowest BCUT2D eigenvalue weighted by Crippen LogP contribution is -2.03. The van der Waals surface area contributed by atoms with Gasteiger partial charge in [0.1, 0.15) is 17.8 Å². The Labute approximate surface area is 138 Å². The first-order chi connectivity index (χ1) is 11.2. The molecule has 2 aromatic carbocycles. The van der Waals surface area contributed by atoms with Crippen LogP contribution < -0.4 is 15.2 Å². The van der Waals surface area contributed by atoms with Crippen molar-refractivity contribution >= 4 is 6.29 Å². The highest BCUT2D eigenvalue weighted by atomic mass is 16.5. The van der Waals surface area contributed by atoms with Gasteiger partial charge in [-0.25, -0.2) is 0 Å². The lowest BCUT2D eigenvalue weighted by molar-refractivity contribution is 0.112. The lowest BCUT2D eigenvalue weighted by Gasteiger charge is -2.05. The van der Waals surface area contributed by atoms with Crippen molar-refractivity contribution < 1.29 is 14.3 Å². The molecule has 0 bridgehead atoms. The number of benzene rings is 2. The molecule has 0 radical (unpaired) electrons. The topological polar surface area (TPSA) is 61.5 Å². The minimum atomic E-state index is 0.667. The minimum absolute atomic E-state index is 0.667. The van der Waals surface area contributed by atoms with E-state index in [0.29, 0.717) is 12.1 Å². The van der Waals surface area contributed by atoms with Gasteiger partial charge in [0.2, 0.25) is 0 Å². The standard InChI is InChI=1S/C10H12O2.C9H13NO/c1-2-7-12-10-5-3-9(8-11)4-6-10;1-11-9-5-3-2-4-8(9)6-7-10/h3-6,8H,2,7H2,1H3;2-5H,6-7,10H2,1H3. The largest absolute Gasteiger partial charge is 0.496 e. The zero-order valence-corrected chi connectivity index (χ0v) is 13.8. The molecule has 0 amide bonds. The summed E-state index contributed by atoms with van der Waals surface area (Å²) in [4.78, 5) is 10.3. The van der Waals surface area contributed by atoms with Crippen molar-refractivity contribution in [1.82, 2.24) is 0 Å². The third-order valence-corrected chi connectivity index (χ3v) is 3.10. The summed E-state index contributed by atoms with van der Waals surface area (Å²) in [7, 11) is 1.68. The Balaban J connectivity index is 0.000000231. The average Bonchev–Trinajstić information content (AvgIpc) is 2.61. The number of carbonyl (C=O) groups excluding carboxylic acids is 1. The van der Waals surface area contributed by atoms with Gasteiger partial charge >= 0.3 is 0 Å². The average molecular weight is 315 g/mol. The fraction of sp³-hybridized carbons (Fsp3) is 0.316. The quantitative estimate of drug-likeness (QED) is 0.795. The second kappa shape index (κ2) is 11.3. The zero-order chi connectivity index (χ0) is 16.9. The van der Waals surface area contributed by atoms with Crippen molar-refractivity contribution in [2.45, 2.75) is 19.8 Å². The monoisotopic (exact) mass is 315 g/mol. The third-order valence-electron chi connectivity index (χ3n) is 3.10. The normalized spacial score (nSPS) is 9.52.